The van der Waals surface area contributed by atoms with Gasteiger partial charge in [0, 0.05) is 4.88 Å². The highest BCUT2D eigenvalue weighted by Gasteiger charge is 2.28. The average Bonchev–Trinajstić information content (AvgIpc) is 2.73. The van der Waals surface area contributed by atoms with Crippen LogP contribution in [0.3, 0.4) is 0 Å². The first kappa shape index (κ1) is 15.8. The first-order valence-corrected chi connectivity index (χ1v) is 7.86. The van der Waals surface area contributed by atoms with Crippen LogP contribution in [0.5, 0.6) is 0 Å². The molecule has 6 heteroatoms. The number of nitrogens with one attached hydrogen (secondary N) is 1. The monoisotopic (exact) mass is 311 g/mol. The van der Waals surface area contributed by atoms with E-state index in [1.165, 1.54) is 18.4 Å². The number of carbonyl (C=O) groups excluding carboxylic acids is 2. The van der Waals surface area contributed by atoms with Crippen LogP contribution in [0.1, 0.15) is 54.4 Å². The molecule has 0 aromatic carbocycles. The molecule has 1 aliphatic rings. The Hall–Kier alpha value is -1.56. The summed E-state index contributed by atoms with van der Waals surface area (Å²) in [6.45, 7) is 5.40. The van der Waals surface area contributed by atoms with Crippen LogP contribution in [-0.2, 0) is 22.3 Å². The summed E-state index contributed by atoms with van der Waals surface area (Å²) in [5, 5.41) is 3.23. The minimum atomic E-state index is -0.577. The van der Waals surface area contributed by atoms with Crippen molar-refractivity contribution in [1.29, 1.82) is 0 Å². The highest BCUT2D eigenvalue weighted by molar-refractivity contribution is 7.17. The van der Waals surface area contributed by atoms with Crippen LogP contribution in [0.2, 0.25) is 0 Å². The lowest BCUT2D eigenvalue weighted by Gasteiger charge is -2.19. The van der Waals surface area contributed by atoms with E-state index in [9.17, 15) is 9.59 Å². The van der Waals surface area contributed by atoms with E-state index in [2.05, 4.69) is 5.32 Å². The van der Waals surface area contributed by atoms with E-state index in [1.807, 2.05) is 0 Å². The third-order valence-corrected chi connectivity index (χ3v) is 4.38. The molecule has 21 heavy (non-hydrogen) atoms. The van der Waals surface area contributed by atoms with E-state index in [-0.39, 0.29) is 0 Å². The van der Waals surface area contributed by atoms with Gasteiger partial charge in [0.1, 0.15) is 10.6 Å². The van der Waals surface area contributed by atoms with E-state index in [1.54, 1.807) is 20.8 Å². The quantitative estimate of drug-likeness (QED) is 0.845. The Bertz CT molecular complexity index is 557. The van der Waals surface area contributed by atoms with Gasteiger partial charge in [0.05, 0.1) is 12.7 Å². The van der Waals surface area contributed by atoms with Crippen LogP contribution < -0.4 is 5.32 Å². The molecule has 1 aliphatic carbocycles. The largest absolute Gasteiger partial charge is 0.465 e. The molecule has 1 aromatic heterocycles. The second-order valence-corrected chi connectivity index (χ2v) is 7.14. The van der Waals surface area contributed by atoms with Crippen LogP contribution in [-0.4, -0.2) is 24.8 Å². The zero-order valence-corrected chi connectivity index (χ0v) is 13.7. The Morgan fingerprint density at radius 1 is 1.19 bits per heavy atom. The highest BCUT2D eigenvalue weighted by Crippen LogP contribution is 2.38. The number of anilines is 1. The number of rotatable bonds is 2. The number of esters is 1. The van der Waals surface area contributed by atoms with Gasteiger partial charge in [-0.25, -0.2) is 9.59 Å². The molecule has 0 atom stereocenters. The molecule has 0 spiro atoms. The van der Waals surface area contributed by atoms with Crippen molar-refractivity contribution in [2.75, 3.05) is 12.4 Å². The predicted molar refractivity (Wildman–Crippen MR) is 82.2 cm³/mol. The van der Waals surface area contributed by atoms with Crippen molar-refractivity contribution in [3.63, 3.8) is 0 Å². The molecule has 116 valence electrons. The second-order valence-electron chi connectivity index (χ2n) is 6.03. The lowest BCUT2D eigenvalue weighted by atomic mass is 9.95. The maximum Gasteiger partial charge on any atom is 0.412 e. The SMILES string of the molecule is COC(=O)c1c(NC(=O)OC(C)(C)C)sc2c1CCCC2. The third-order valence-electron chi connectivity index (χ3n) is 3.18. The molecular weight excluding hydrogens is 290 g/mol. The van der Waals surface area contributed by atoms with Crippen LogP contribution in [0.15, 0.2) is 0 Å². The first-order valence-electron chi connectivity index (χ1n) is 7.04. The van der Waals surface area contributed by atoms with Gasteiger partial charge < -0.3 is 9.47 Å². The summed E-state index contributed by atoms with van der Waals surface area (Å²) in [5.74, 6) is -0.402. The number of amides is 1. The summed E-state index contributed by atoms with van der Waals surface area (Å²) in [4.78, 5) is 25.1. The minimum Gasteiger partial charge on any atom is -0.465 e. The van der Waals surface area contributed by atoms with Gasteiger partial charge in [0.15, 0.2) is 0 Å². The Balaban J connectivity index is 2.28. The van der Waals surface area contributed by atoms with Crippen molar-refractivity contribution in [3.05, 3.63) is 16.0 Å². The van der Waals surface area contributed by atoms with Crippen LogP contribution >= 0.6 is 11.3 Å². The molecular formula is C15H21NO4S. The van der Waals surface area contributed by atoms with Crippen molar-refractivity contribution < 1.29 is 19.1 Å². The molecule has 1 aromatic rings. The van der Waals surface area contributed by atoms with Gasteiger partial charge in [-0.2, -0.15) is 0 Å². The van der Waals surface area contributed by atoms with E-state index >= 15 is 0 Å². The smallest absolute Gasteiger partial charge is 0.412 e. The van der Waals surface area contributed by atoms with Gasteiger partial charge in [0.2, 0.25) is 0 Å². The molecule has 0 bridgehead atoms. The third kappa shape index (κ3) is 3.75. The highest BCUT2D eigenvalue weighted by atomic mass is 32.1. The summed E-state index contributed by atoms with van der Waals surface area (Å²) >= 11 is 1.45. The molecule has 0 aliphatic heterocycles. The number of methoxy groups -OCH3 is 1. The summed E-state index contributed by atoms with van der Waals surface area (Å²) in [5.41, 5.74) is 0.930. The molecule has 2 rings (SSSR count). The topological polar surface area (TPSA) is 64.6 Å². The fourth-order valence-electron chi connectivity index (χ4n) is 2.37. The molecule has 0 saturated carbocycles. The normalized spacial score (nSPS) is 14.3. The molecule has 0 radical (unpaired) electrons. The van der Waals surface area contributed by atoms with Gasteiger partial charge in [-0.15, -0.1) is 11.3 Å². The van der Waals surface area contributed by atoms with Crippen LogP contribution in [0.25, 0.3) is 0 Å². The van der Waals surface area contributed by atoms with Gasteiger partial charge in [-0.05, 0) is 52.0 Å². The first-order chi connectivity index (χ1) is 9.81. The number of ether oxygens (including phenoxy) is 2. The maximum absolute atomic E-state index is 12.0. The number of thiophene rings is 1. The summed E-state index contributed by atoms with van der Waals surface area (Å²) in [6.07, 6.45) is 3.41. The summed E-state index contributed by atoms with van der Waals surface area (Å²) < 4.78 is 10.1. The van der Waals surface area contributed by atoms with Crippen molar-refractivity contribution in [3.8, 4) is 0 Å². The van der Waals surface area contributed by atoms with E-state index in [0.29, 0.717) is 10.6 Å². The predicted octanol–water partition coefficient (Wildman–Crippen LogP) is 3.76. The van der Waals surface area contributed by atoms with E-state index in [4.69, 9.17) is 9.47 Å². The maximum atomic E-state index is 12.0. The molecule has 0 unspecified atom stereocenters. The number of hydrogen-bond donors (Lipinski definition) is 1. The Labute approximate surface area is 128 Å². The van der Waals surface area contributed by atoms with Gasteiger partial charge >= 0.3 is 12.1 Å². The van der Waals surface area contributed by atoms with Crippen LogP contribution in [0, 0.1) is 0 Å². The molecule has 5 nitrogen and oxygen atoms in total. The van der Waals surface area contributed by atoms with Crippen molar-refractivity contribution in [2.45, 2.75) is 52.1 Å². The minimum absolute atomic E-state index is 0.402. The molecule has 1 amide bonds. The number of carbonyl (C=O) groups is 2. The number of hydrogen-bond acceptors (Lipinski definition) is 5. The van der Waals surface area contributed by atoms with Gasteiger partial charge in [-0.1, -0.05) is 0 Å². The lowest BCUT2D eigenvalue weighted by Crippen LogP contribution is -2.27. The summed E-state index contributed by atoms with van der Waals surface area (Å²) in [7, 11) is 1.35. The van der Waals surface area contributed by atoms with E-state index < -0.39 is 17.7 Å². The van der Waals surface area contributed by atoms with Gasteiger partial charge in [-0.3, -0.25) is 5.32 Å². The van der Waals surface area contributed by atoms with Crippen molar-refractivity contribution in [1.82, 2.24) is 0 Å². The number of fused-ring (bicyclic) bond motifs is 1. The Kier molecular flexibility index (Phi) is 4.56. The molecule has 0 fully saturated rings. The zero-order chi connectivity index (χ0) is 15.6. The Morgan fingerprint density at radius 3 is 2.48 bits per heavy atom. The molecule has 1 N–H and O–H groups in total. The number of aryl methyl sites for hydroxylation is 1. The lowest BCUT2D eigenvalue weighted by molar-refractivity contribution is 0.0601. The summed E-state index contributed by atoms with van der Waals surface area (Å²) in [6, 6.07) is 0. The molecule has 0 saturated heterocycles. The Morgan fingerprint density at radius 2 is 1.86 bits per heavy atom. The van der Waals surface area contributed by atoms with Crippen molar-refractivity contribution >= 4 is 28.4 Å². The fourth-order valence-corrected chi connectivity index (χ4v) is 3.63. The standard InChI is InChI=1S/C15H21NO4S/c1-15(2,3)20-14(18)16-12-11(13(17)19-4)9-7-5-6-8-10(9)21-12/h5-8H2,1-4H3,(H,16,18). The van der Waals surface area contributed by atoms with Crippen molar-refractivity contribution in [2.24, 2.45) is 0 Å². The fraction of sp³-hybridized carbons (Fsp3) is 0.600. The second kappa shape index (κ2) is 6.05. The van der Waals surface area contributed by atoms with Gasteiger partial charge in [0.25, 0.3) is 0 Å². The van der Waals surface area contributed by atoms with E-state index in [0.717, 1.165) is 36.1 Å². The zero-order valence-electron chi connectivity index (χ0n) is 12.9. The van der Waals surface area contributed by atoms with Crippen LogP contribution in [0.4, 0.5) is 9.80 Å². The average molecular weight is 311 g/mol. The molecule has 1 heterocycles.